The maximum absolute atomic E-state index is 5.87. The second-order valence-corrected chi connectivity index (χ2v) is 7.93. The number of benzene rings is 2. The Bertz CT molecular complexity index is 810. The molecule has 1 aliphatic rings. The lowest BCUT2D eigenvalue weighted by Crippen LogP contribution is -2.45. The topological polar surface area (TPSA) is 48.9 Å². The van der Waals surface area contributed by atoms with Crippen molar-refractivity contribution >= 4 is 5.96 Å². The Balaban J connectivity index is 1.57. The van der Waals surface area contributed by atoms with E-state index in [0.29, 0.717) is 0 Å². The van der Waals surface area contributed by atoms with Crippen molar-refractivity contribution in [3.8, 4) is 0 Å². The van der Waals surface area contributed by atoms with Gasteiger partial charge in [0.15, 0.2) is 5.96 Å². The monoisotopic (exact) mass is 394 g/mol. The number of aryl methyl sites for hydroxylation is 1. The molecule has 29 heavy (non-hydrogen) atoms. The molecular weight excluding hydrogens is 360 g/mol. The van der Waals surface area contributed by atoms with E-state index in [4.69, 9.17) is 4.74 Å². The van der Waals surface area contributed by atoms with Crippen molar-refractivity contribution in [1.82, 2.24) is 15.5 Å². The number of ether oxygens (including phenoxy) is 1. The number of guanidine groups is 1. The van der Waals surface area contributed by atoms with Gasteiger partial charge in [-0.1, -0.05) is 48.5 Å². The van der Waals surface area contributed by atoms with E-state index >= 15 is 0 Å². The lowest BCUT2D eigenvalue weighted by Gasteiger charge is -2.35. The Morgan fingerprint density at radius 2 is 1.48 bits per heavy atom. The average Bonchev–Trinajstić information content (AvgIpc) is 2.69. The van der Waals surface area contributed by atoms with Crippen LogP contribution in [0.3, 0.4) is 0 Å². The van der Waals surface area contributed by atoms with Gasteiger partial charge in [0.1, 0.15) is 0 Å². The van der Waals surface area contributed by atoms with Crippen LogP contribution in [0.5, 0.6) is 0 Å². The minimum absolute atomic E-state index is 0.286. The van der Waals surface area contributed by atoms with E-state index in [1.54, 1.807) is 0 Å². The van der Waals surface area contributed by atoms with Gasteiger partial charge in [-0.25, -0.2) is 0 Å². The Kier molecular flexibility index (Phi) is 7.67. The fourth-order valence-corrected chi connectivity index (χ4v) is 3.93. The SMILES string of the molecule is CN=C(NCc1ccccc1C)NCc1ccccc1CN1CC(C)OC(C)C1. The second kappa shape index (κ2) is 10.4. The van der Waals surface area contributed by atoms with Crippen LogP contribution in [0.4, 0.5) is 0 Å². The highest BCUT2D eigenvalue weighted by molar-refractivity contribution is 5.79. The third kappa shape index (κ3) is 6.31. The van der Waals surface area contributed by atoms with Crippen LogP contribution in [-0.2, 0) is 24.4 Å². The van der Waals surface area contributed by atoms with E-state index < -0.39 is 0 Å². The molecule has 2 aromatic rings. The van der Waals surface area contributed by atoms with Crippen LogP contribution in [0.2, 0.25) is 0 Å². The first kappa shape index (κ1) is 21.3. The first-order valence-electron chi connectivity index (χ1n) is 10.5. The van der Waals surface area contributed by atoms with Gasteiger partial charge >= 0.3 is 0 Å². The summed E-state index contributed by atoms with van der Waals surface area (Å²) < 4.78 is 5.87. The van der Waals surface area contributed by atoms with Crippen molar-refractivity contribution in [2.24, 2.45) is 4.99 Å². The number of morpholine rings is 1. The van der Waals surface area contributed by atoms with E-state index in [2.05, 4.69) is 89.8 Å². The van der Waals surface area contributed by atoms with Crippen LogP contribution >= 0.6 is 0 Å². The molecule has 2 unspecified atom stereocenters. The Labute approximate surface area is 175 Å². The van der Waals surface area contributed by atoms with Gasteiger partial charge in [-0.05, 0) is 43.0 Å². The third-order valence-electron chi connectivity index (χ3n) is 5.39. The molecule has 1 fully saturated rings. The van der Waals surface area contributed by atoms with Gasteiger partial charge in [-0.2, -0.15) is 0 Å². The van der Waals surface area contributed by atoms with E-state index in [1.807, 2.05) is 7.05 Å². The van der Waals surface area contributed by atoms with Crippen LogP contribution in [-0.4, -0.2) is 43.2 Å². The lowest BCUT2D eigenvalue weighted by atomic mass is 10.1. The number of hydrogen-bond donors (Lipinski definition) is 2. The largest absolute Gasteiger partial charge is 0.373 e. The Morgan fingerprint density at radius 3 is 2.10 bits per heavy atom. The summed E-state index contributed by atoms with van der Waals surface area (Å²) in [6.45, 7) is 10.9. The summed E-state index contributed by atoms with van der Waals surface area (Å²) in [5, 5.41) is 6.89. The summed E-state index contributed by atoms with van der Waals surface area (Å²) in [6, 6.07) is 17.1. The van der Waals surface area contributed by atoms with Gasteiger partial charge in [-0.15, -0.1) is 0 Å². The second-order valence-electron chi connectivity index (χ2n) is 7.93. The summed E-state index contributed by atoms with van der Waals surface area (Å²) in [5.41, 5.74) is 5.23. The normalized spacial score (nSPS) is 20.5. The molecule has 2 aromatic carbocycles. The van der Waals surface area contributed by atoms with Crippen molar-refractivity contribution in [2.45, 2.75) is 52.6 Å². The van der Waals surface area contributed by atoms with Crippen molar-refractivity contribution in [3.05, 3.63) is 70.8 Å². The number of hydrogen-bond acceptors (Lipinski definition) is 3. The summed E-state index contributed by atoms with van der Waals surface area (Å²) in [7, 11) is 1.82. The van der Waals surface area contributed by atoms with Crippen LogP contribution in [0, 0.1) is 6.92 Å². The zero-order chi connectivity index (χ0) is 20.6. The van der Waals surface area contributed by atoms with Gasteiger partial charge in [0, 0.05) is 39.8 Å². The fourth-order valence-electron chi connectivity index (χ4n) is 3.93. The Hall–Kier alpha value is -2.37. The number of aliphatic imine (C=N–C) groups is 1. The molecule has 0 aromatic heterocycles. The van der Waals surface area contributed by atoms with E-state index in [0.717, 1.165) is 38.7 Å². The standard InChI is InChI=1S/C24H34N4O/c1-18-9-5-6-10-21(18)13-26-24(25-4)27-14-22-11-7-8-12-23(22)17-28-15-19(2)29-20(3)16-28/h5-12,19-20H,13-17H2,1-4H3,(H2,25,26,27). The van der Waals surface area contributed by atoms with E-state index in [9.17, 15) is 0 Å². The zero-order valence-electron chi connectivity index (χ0n) is 18.1. The minimum atomic E-state index is 0.286. The Morgan fingerprint density at radius 1 is 0.931 bits per heavy atom. The molecular formula is C24H34N4O. The summed E-state index contributed by atoms with van der Waals surface area (Å²) in [4.78, 5) is 6.87. The molecule has 0 radical (unpaired) electrons. The highest BCUT2D eigenvalue weighted by Crippen LogP contribution is 2.17. The molecule has 0 saturated carbocycles. The quantitative estimate of drug-likeness (QED) is 0.582. The van der Waals surface area contributed by atoms with Crippen LogP contribution in [0.25, 0.3) is 0 Å². The molecule has 0 aliphatic carbocycles. The minimum Gasteiger partial charge on any atom is -0.373 e. The smallest absolute Gasteiger partial charge is 0.191 e. The van der Waals surface area contributed by atoms with Gasteiger partial charge in [-0.3, -0.25) is 9.89 Å². The molecule has 1 heterocycles. The highest BCUT2D eigenvalue weighted by Gasteiger charge is 2.22. The fraction of sp³-hybridized carbons (Fsp3) is 0.458. The van der Waals surface area contributed by atoms with Crippen molar-refractivity contribution in [1.29, 1.82) is 0 Å². The lowest BCUT2D eigenvalue weighted by molar-refractivity contribution is -0.0705. The molecule has 2 N–H and O–H groups in total. The molecule has 2 atom stereocenters. The molecule has 0 amide bonds. The molecule has 1 saturated heterocycles. The van der Waals surface area contributed by atoms with Crippen molar-refractivity contribution in [2.75, 3.05) is 20.1 Å². The number of nitrogens with zero attached hydrogens (tertiary/aromatic N) is 2. The van der Waals surface area contributed by atoms with Gasteiger partial charge in [0.2, 0.25) is 0 Å². The molecule has 0 bridgehead atoms. The van der Waals surface area contributed by atoms with Crippen LogP contribution in [0.15, 0.2) is 53.5 Å². The first-order valence-corrected chi connectivity index (χ1v) is 10.5. The predicted molar refractivity (Wildman–Crippen MR) is 120 cm³/mol. The van der Waals surface area contributed by atoms with Gasteiger partial charge in [0.25, 0.3) is 0 Å². The van der Waals surface area contributed by atoms with E-state index in [-0.39, 0.29) is 12.2 Å². The zero-order valence-corrected chi connectivity index (χ0v) is 18.1. The van der Waals surface area contributed by atoms with Gasteiger partial charge < -0.3 is 15.4 Å². The first-order chi connectivity index (χ1) is 14.0. The average molecular weight is 395 g/mol. The number of nitrogens with one attached hydrogen (secondary N) is 2. The molecule has 0 spiro atoms. The van der Waals surface area contributed by atoms with Crippen molar-refractivity contribution < 1.29 is 4.74 Å². The number of rotatable bonds is 6. The summed E-state index contributed by atoms with van der Waals surface area (Å²) in [5.74, 6) is 0.816. The maximum atomic E-state index is 5.87. The summed E-state index contributed by atoms with van der Waals surface area (Å²) in [6.07, 6.45) is 0.571. The maximum Gasteiger partial charge on any atom is 0.191 e. The molecule has 5 nitrogen and oxygen atoms in total. The van der Waals surface area contributed by atoms with E-state index in [1.165, 1.54) is 22.3 Å². The summed E-state index contributed by atoms with van der Waals surface area (Å²) >= 11 is 0. The third-order valence-corrected chi connectivity index (χ3v) is 5.39. The van der Waals surface area contributed by atoms with Gasteiger partial charge in [0.05, 0.1) is 12.2 Å². The van der Waals surface area contributed by atoms with Crippen molar-refractivity contribution in [3.63, 3.8) is 0 Å². The molecule has 156 valence electrons. The molecule has 5 heteroatoms. The highest BCUT2D eigenvalue weighted by atomic mass is 16.5. The van der Waals surface area contributed by atoms with Crippen LogP contribution < -0.4 is 10.6 Å². The molecule has 1 aliphatic heterocycles. The predicted octanol–water partition coefficient (Wildman–Crippen LogP) is 3.47. The molecule has 3 rings (SSSR count). The van der Waals surface area contributed by atoms with Crippen LogP contribution in [0.1, 0.15) is 36.1 Å².